The van der Waals surface area contributed by atoms with Gasteiger partial charge in [0, 0.05) is 31.0 Å². The first-order chi connectivity index (χ1) is 12.7. The molecule has 2 aromatic rings. The van der Waals surface area contributed by atoms with Crippen molar-refractivity contribution in [3.63, 3.8) is 0 Å². The van der Waals surface area contributed by atoms with E-state index in [2.05, 4.69) is 15.3 Å². The Kier molecular flexibility index (Phi) is 5.51. The third kappa shape index (κ3) is 4.20. The number of nitrogens with zero attached hydrogens (tertiary/aromatic N) is 4. The molecule has 1 aromatic heterocycles. The number of morpholine rings is 1. The zero-order chi connectivity index (χ0) is 18.4. The number of para-hydroxylation sites is 1. The Labute approximate surface area is 149 Å². The first-order valence-electron chi connectivity index (χ1n) is 8.00. The van der Waals surface area contributed by atoms with Crippen LogP contribution < -0.4 is 10.2 Å². The topological polar surface area (TPSA) is 91.1 Å². The summed E-state index contributed by atoms with van der Waals surface area (Å²) < 4.78 is 18.9. The first kappa shape index (κ1) is 17.5. The van der Waals surface area contributed by atoms with E-state index in [1.807, 2.05) is 11.0 Å². The van der Waals surface area contributed by atoms with E-state index in [-0.39, 0.29) is 11.3 Å². The van der Waals surface area contributed by atoms with Gasteiger partial charge in [-0.05, 0) is 18.2 Å². The van der Waals surface area contributed by atoms with Gasteiger partial charge in [0.1, 0.15) is 17.5 Å². The van der Waals surface area contributed by atoms with Crippen molar-refractivity contribution in [2.24, 2.45) is 0 Å². The van der Waals surface area contributed by atoms with Gasteiger partial charge in [-0.15, -0.1) is 0 Å². The highest BCUT2D eigenvalue weighted by molar-refractivity contribution is 6.09. The second-order valence-electron chi connectivity index (χ2n) is 5.52. The molecule has 1 N–H and O–H groups in total. The molecule has 26 heavy (non-hydrogen) atoms. The smallest absolute Gasteiger partial charge is 0.266 e. The molecule has 1 fully saturated rings. The molecule has 2 heterocycles. The van der Waals surface area contributed by atoms with Crippen LogP contribution in [0, 0.1) is 17.1 Å². The number of aromatic nitrogens is 2. The van der Waals surface area contributed by atoms with E-state index in [0.29, 0.717) is 37.8 Å². The van der Waals surface area contributed by atoms with Crippen molar-refractivity contribution < 1.29 is 13.9 Å². The van der Waals surface area contributed by atoms with Crippen LogP contribution in [-0.2, 0) is 9.53 Å². The predicted octanol–water partition coefficient (Wildman–Crippen LogP) is 2.00. The van der Waals surface area contributed by atoms with Gasteiger partial charge in [-0.2, -0.15) is 5.26 Å². The van der Waals surface area contributed by atoms with E-state index in [1.165, 1.54) is 36.7 Å². The quantitative estimate of drug-likeness (QED) is 0.668. The summed E-state index contributed by atoms with van der Waals surface area (Å²) >= 11 is 0. The highest BCUT2D eigenvalue weighted by Gasteiger charge is 2.14. The van der Waals surface area contributed by atoms with Gasteiger partial charge in [0.2, 0.25) is 5.95 Å². The van der Waals surface area contributed by atoms with E-state index in [0.717, 1.165) is 0 Å². The van der Waals surface area contributed by atoms with Crippen LogP contribution in [0.4, 0.5) is 16.0 Å². The zero-order valence-electron chi connectivity index (χ0n) is 13.9. The molecule has 0 saturated carbocycles. The number of anilines is 2. The Hall–Kier alpha value is -3.31. The lowest BCUT2D eigenvalue weighted by Crippen LogP contribution is -2.37. The van der Waals surface area contributed by atoms with Crippen molar-refractivity contribution in [3.05, 3.63) is 53.6 Å². The number of hydrogen-bond acceptors (Lipinski definition) is 6. The standard InChI is InChI=1S/C18H16FN5O2/c19-15-3-1-2-4-16(15)23-17(25)14(10-20)9-13-11-21-18(22-12-13)24-5-7-26-8-6-24/h1-4,9,11-12H,5-8H2,(H,23,25)/b14-9+. The summed E-state index contributed by atoms with van der Waals surface area (Å²) in [5.41, 5.74) is 0.343. The molecule has 0 atom stereocenters. The number of hydrogen-bond donors (Lipinski definition) is 1. The number of rotatable bonds is 4. The van der Waals surface area contributed by atoms with Gasteiger partial charge < -0.3 is 15.0 Å². The summed E-state index contributed by atoms with van der Waals surface area (Å²) in [6.07, 6.45) is 4.43. The molecule has 7 nitrogen and oxygen atoms in total. The van der Waals surface area contributed by atoms with Crippen molar-refractivity contribution in [2.75, 3.05) is 36.5 Å². The lowest BCUT2D eigenvalue weighted by atomic mass is 10.2. The molecule has 1 amide bonds. The molecular formula is C18H16FN5O2. The molecule has 3 rings (SSSR count). The Morgan fingerprint density at radius 1 is 1.27 bits per heavy atom. The minimum Gasteiger partial charge on any atom is -0.378 e. The average Bonchev–Trinajstić information content (AvgIpc) is 2.69. The van der Waals surface area contributed by atoms with Crippen LogP contribution >= 0.6 is 0 Å². The van der Waals surface area contributed by atoms with E-state index in [9.17, 15) is 14.4 Å². The third-order valence-corrected chi connectivity index (χ3v) is 3.75. The molecule has 0 unspecified atom stereocenters. The highest BCUT2D eigenvalue weighted by atomic mass is 19.1. The molecule has 0 radical (unpaired) electrons. The second-order valence-corrected chi connectivity index (χ2v) is 5.52. The predicted molar refractivity (Wildman–Crippen MR) is 93.7 cm³/mol. The normalized spacial score (nSPS) is 14.6. The van der Waals surface area contributed by atoms with Gasteiger partial charge in [-0.3, -0.25) is 4.79 Å². The maximum absolute atomic E-state index is 13.6. The van der Waals surface area contributed by atoms with Gasteiger partial charge in [0.25, 0.3) is 5.91 Å². The minimum atomic E-state index is -0.699. The maximum Gasteiger partial charge on any atom is 0.266 e. The van der Waals surface area contributed by atoms with Crippen molar-refractivity contribution in [1.29, 1.82) is 5.26 Å². The number of carbonyl (C=O) groups is 1. The van der Waals surface area contributed by atoms with Crippen molar-refractivity contribution >= 4 is 23.6 Å². The number of ether oxygens (including phenoxy) is 1. The van der Waals surface area contributed by atoms with E-state index >= 15 is 0 Å². The molecule has 1 saturated heterocycles. The summed E-state index contributed by atoms with van der Waals surface area (Å²) in [5.74, 6) is -0.703. The number of amides is 1. The summed E-state index contributed by atoms with van der Waals surface area (Å²) in [4.78, 5) is 22.7. The summed E-state index contributed by atoms with van der Waals surface area (Å²) in [7, 11) is 0. The summed E-state index contributed by atoms with van der Waals surface area (Å²) in [5, 5.41) is 11.6. The number of nitrogens with one attached hydrogen (secondary N) is 1. The molecule has 132 valence electrons. The SMILES string of the molecule is N#C/C(=C\c1cnc(N2CCOCC2)nc1)C(=O)Nc1ccccc1F. The van der Waals surface area contributed by atoms with Crippen LogP contribution in [0.5, 0.6) is 0 Å². The van der Waals surface area contributed by atoms with Gasteiger partial charge in [-0.25, -0.2) is 14.4 Å². The highest BCUT2D eigenvalue weighted by Crippen LogP contribution is 2.15. The molecule has 0 aliphatic carbocycles. The summed E-state index contributed by atoms with van der Waals surface area (Å²) in [6.45, 7) is 2.67. The van der Waals surface area contributed by atoms with Crippen molar-refractivity contribution in [2.45, 2.75) is 0 Å². The van der Waals surface area contributed by atoms with Crippen LogP contribution in [0.15, 0.2) is 42.2 Å². The second kappa shape index (κ2) is 8.18. The molecule has 8 heteroatoms. The van der Waals surface area contributed by atoms with Crippen LogP contribution in [0.1, 0.15) is 5.56 Å². The van der Waals surface area contributed by atoms with E-state index in [4.69, 9.17) is 4.74 Å². The van der Waals surface area contributed by atoms with Gasteiger partial charge in [0.05, 0.1) is 18.9 Å². The Bertz CT molecular complexity index is 855. The maximum atomic E-state index is 13.6. The zero-order valence-corrected chi connectivity index (χ0v) is 13.9. The third-order valence-electron chi connectivity index (χ3n) is 3.75. The molecule has 1 aliphatic rings. The summed E-state index contributed by atoms with van der Waals surface area (Å²) in [6, 6.07) is 7.56. The lowest BCUT2D eigenvalue weighted by Gasteiger charge is -2.26. The fourth-order valence-electron chi connectivity index (χ4n) is 2.40. The molecule has 0 bridgehead atoms. The first-order valence-corrected chi connectivity index (χ1v) is 8.00. The molecule has 0 spiro atoms. The van der Waals surface area contributed by atoms with E-state index < -0.39 is 11.7 Å². The number of carbonyl (C=O) groups excluding carboxylic acids is 1. The fourth-order valence-corrected chi connectivity index (χ4v) is 2.40. The number of benzene rings is 1. The number of nitriles is 1. The Morgan fingerprint density at radius 3 is 2.62 bits per heavy atom. The van der Waals surface area contributed by atoms with Gasteiger partial charge in [0.15, 0.2) is 0 Å². The van der Waals surface area contributed by atoms with Crippen LogP contribution in [-0.4, -0.2) is 42.2 Å². The monoisotopic (exact) mass is 353 g/mol. The molecule has 1 aliphatic heterocycles. The van der Waals surface area contributed by atoms with E-state index in [1.54, 1.807) is 6.07 Å². The van der Waals surface area contributed by atoms with Crippen LogP contribution in [0.3, 0.4) is 0 Å². The van der Waals surface area contributed by atoms with Gasteiger partial charge >= 0.3 is 0 Å². The minimum absolute atomic E-state index is 0.0116. The van der Waals surface area contributed by atoms with Crippen LogP contribution in [0.25, 0.3) is 6.08 Å². The number of halogens is 1. The largest absolute Gasteiger partial charge is 0.378 e. The van der Waals surface area contributed by atoms with Crippen LogP contribution in [0.2, 0.25) is 0 Å². The fraction of sp³-hybridized carbons (Fsp3) is 0.222. The van der Waals surface area contributed by atoms with Gasteiger partial charge in [-0.1, -0.05) is 12.1 Å². The lowest BCUT2D eigenvalue weighted by molar-refractivity contribution is -0.112. The molecular weight excluding hydrogens is 337 g/mol. The Morgan fingerprint density at radius 2 is 1.96 bits per heavy atom. The van der Waals surface area contributed by atoms with Crippen molar-refractivity contribution in [1.82, 2.24) is 9.97 Å². The average molecular weight is 353 g/mol. The van der Waals surface area contributed by atoms with Crippen molar-refractivity contribution in [3.8, 4) is 6.07 Å². The molecule has 1 aromatic carbocycles. The Balaban J connectivity index is 1.73.